The molecule has 3 aliphatic rings. The number of carbonyl (C=O) groups excluding carboxylic acids is 1. The highest BCUT2D eigenvalue weighted by atomic mass is 16.7. The number of fused-ring (bicyclic) bond motifs is 1. The van der Waals surface area contributed by atoms with Gasteiger partial charge in [0, 0.05) is 37.8 Å². The van der Waals surface area contributed by atoms with E-state index in [0.717, 1.165) is 49.7 Å². The number of hydrogen-bond acceptors (Lipinski definition) is 5. The van der Waals surface area contributed by atoms with Gasteiger partial charge in [0.25, 0.3) is 0 Å². The Hall–Kier alpha value is -2.05. The van der Waals surface area contributed by atoms with E-state index in [1.807, 2.05) is 24.3 Å². The molecule has 0 atom stereocenters. The van der Waals surface area contributed by atoms with Gasteiger partial charge < -0.3 is 24.4 Å². The Labute approximate surface area is 160 Å². The zero-order valence-electron chi connectivity index (χ0n) is 15.7. The van der Waals surface area contributed by atoms with Gasteiger partial charge in [-0.1, -0.05) is 6.07 Å². The molecule has 6 heteroatoms. The Morgan fingerprint density at radius 2 is 1.93 bits per heavy atom. The molecule has 0 saturated carbocycles. The molecule has 3 heterocycles. The Bertz CT molecular complexity index is 691. The summed E-state index contributed by atoms with van der Waals surface area (Å²) in [5, 5.41) is 3.13. The molecule has 1 aromatic rings. The van der Waals surface area contributed by atoms with E-state index in [2.05, 4.69) is 10.2 Å². The van der Waals surface area contributed by atoms with Crippen molar-refractivity contribution >= 4 is 12.0 Å². The number of nitrogens with zero attached hydrogens (tertiary/aromatic N) is 1. The summed E-state index contributed by atoms with van der Waals surface area (Å²) in [7, 11) is 0. The number of nitrogens with one attached hydrogen (secondary N) is 1. The highest BCUT2D eigenvalue weighted by Gasteiger charge is 2.35. The lowest BCUT2D eigenvalue weighted by molar-refractivity contribution is -0.117. The molecule has 4 rings (SSSR count). The van der Waals surface area contributed by atoms with Gasteiger partial charge in [0.2, 0.25) is 12.7 Å². The van der Waals surface area contributed by atoms with Crippen LogP contribution in [0.3, 0.4) is 0 Å². The molecule has 6 nitrogen and oxygen atoms in total. The smallest absolute Gasteiger partial charge is 0.244 e. The van der Waals surface area contributed by atoms with Crippen molar-refractivity contribution in [2.45, 2.75) is 25.7 Å². The first kappa shape index (κ1) is 18.3. The average molecular weight is 372 g/mol. The summed E-state index contributed by atoms with van der Waals surface area (Å²) in [5.41, 5.74) is 1.05. The lowest BCUT2D eigenvalue weighted by Crippen LogP contribution is -2.47. The van der Waals surface area contributed by atoms with Crippen LogP contribution >= 0.6 is 0 Å². The molecule has 2 fully saturated rings. The molecule has 2 saturated heterocycles. The number of ether oxygens (including phenoxy) is 3. The lowest BCUT2D eigenvalue weighted by atomic mass is 9.79. The largest absolute Gasteiger partial charge is 0.454 e. The van der Waals surface area contributed by atoms with Crippen LogP contribution in [0.15, 0.2) is 24.3 Å². The second-order valence-corrected chi connectivity index (χ2v) is 7.76. The number of rotatable bonds is 6. The van der Waals surface area contributed by atoms with E-state index in [1.54, 1.807) is 6.08 Å². The summed E-state index contributed by atoms with van der Waals surface area (Å²) in [4.78, 5) is 14.9. The number of carbonyl (C=O) groups is 1. The monoisotopic (exact) mass is 372 g/mol. The zero-order valence-corrected chi connectivity index (χ0v) is 15.7. The molecule has 0 radical (unpaired) electrons. The van der Waals surface area contributed by atoms with Crippen LogP contribution in [0.4, 0.5) is 0 Å². The minimum absolute atomic E-state index is 0.0556. The van der Waals surface area contributed by atoms with Crippen molar-refractivity contribution < 1.29 is 19.0 Å². The van der Waals surface area contributed by atoms with E-state index in [4.69, 9.17) is 14.2 Å². The third-order valence-corrected chi connectivity index (χ3v) is 5.77. The number of likely N-dealkylation sites (tertiary alicyclic amines) is 1. The van der Waals surface area contributed by atoms with Crippen LogP contribution in [-0.2, 0) is 9.53 Å². The van der Waals surface area contributed by atoms with Gasteiger partial charge in [0.15, 0.2) is 11.5 Å². The Morgan fingerprint density at radius 1 is 1.15 bits per heavy atom. The van der Waals surface area contributed by atoms with E-state index in [0.29, 0.717) is 6.54 Å². The fourth-order valence-corrected chi connectivity index (χ4v) is 4.13. The van der Waals surface area contributed by atoms with Crippen LogP contribution in [0.1, 0.15) is 31.2 Å². The van der Waals surface area contributed by atoms with Crippen molar-refractivity contribution in [1.29, 1.82) is 0 Å². The topological polar surface area (TPSA) is 60.0 Å². The average Bonchev–Trinajstić information content (AvgIpc) is 3.37. The first-order chi connectivity index (χ1) is 13.2. The highest BCUT2D eigenvalue weighted by Crippen LogP contribution is 2.33. The van der Waals surface area contributed by atoms with E-state index >= 15 is 0 Å². The quantitative estimate of drug-likeness (QED) is 0.778. The van der Waals surface area contributed by atoms with E-state index in [9.17, 15) is 4.79 Å². The second kappa shape index (κ2) is 8.31. The van der Waals surface area contributed by atoms with Crippen molar-refractivity contribution in [3.05, 3.63) is 29.8 Å². The van der Waals surface area contributed by atoms with Gasteiger partial charge >= 0.3 is 0 Å². The molecule has 3 aliphatic heterocycles. The third kappa shape index (κ3) is 4.62. The van der Waals surface area contributed by atoms with Crippen molar-refractivity contribution in [1.82, 2.24) is 10.2 Å². The predicted octanol–water partition coefficient (Wildman–Crippen LogP) is 2.44. The summed E-state index contributed by atoms with van der Waals surface area (Å²) < 4.78 is 16.3. The summed E-state index contributed by atoms with van der Waals surface area (Å²) in [6.07, 6.45) is 8.01. The summed E-state index contributed by atoms with van der Waals surface area (Å²) >= 11 is 0. The molecule has 0 aromatic heterocycles. The summed E-state index contributed by atoms with van der Waals surface area (Å²) in [6, 6.07) is 5.68. The SMILES string of the molecule is O=C(/C=C/c1ccc2c(c1)OCO2)NCC1(CN2CCCC2)CCOCC1. The minimum Gasteiger partial charge on any atom is -0.454 e. The molecule has 0 unspecified atom stereocenters. The molecule has 1 amide bonds. The Kier molecular flexibility index (Phi) is 5.64. The van der Waals surface area contributed by atoms with Gasteiger partial charge in [-0.05, 0) is 62.5 Å². The van der Waals surface area contributed by atoms with Crippen molar-refractivity contribution in [2.75, 3.05) is 46.2 Å². The number of hydrogen-bond donors (Lipinski definition) is 1. The van der Waals surface area contributed by atoms with Gasteiger partial charge in [-0.2, -0.15) is 0 Å². The predicted molar refractivity (Wildman–Crippen MR) is 103 cm³/mol. The zero-order chi connectivity index (χ0) is 18.5. The van der Waals surface area contributed by atoms with E-state index in [1.165, 1.54) is 25.9 Å². The number of amides is 1. The Morgan fingerprint density at radius 3 is 2.74 bits per heavy atom. The first-order valence-corrected chi connectivity index (χ1v) is 9.88. The first-order valence-electron chi connectivity index (χ1n) is 9.88. The van der Waals surface area contributed by atoms with Gasteiger partial charge in [-0.3, -0.25) is 4.79 Å². The van der Waals surface area contributed by atoms with Gasteiger partial charge in [0.05, 0.1) is 0 Å². The number of benzene rings is 1. The maximum atomic E-state index is 12.4. The molecule has 1 aromatic carbocycles. The van der Waals surface area contributed by atoms with Crippen molar-refractivity contribution in [3.8, 4) is 11.5 Å². The molecule has 0 bridgehead atoms. The lowest BCUT2D eigenvalue weighted by Gasteiger charge is -2.40. The molecule has 27 heavy (non-hydrogen) atoms. The van der Waals surface area contributed by atoms with E-state index in [-0.39, 0.29) is 18.1 Å². The normalized spacial score (nSPS) is 21.6. The third-order valence-electron chi connectivity index (χ3n) is 5.77. The molecule has 0 spiro atoms. The van der Waals surface area contributed by atoms with Gasteiger partial charge in [-0.25, -0.2) is 0 Å². The van der Waals surface area contributed by atoms with Crippen molar-refractivity contribution in [3.63, 3.8) is 0 Å². The fraction of sp³-hybridized carbons (Fsp3) is 0.571. The van der Waals surface area contributed by atoms with Crippen LogP contribution in [0, 0.1) is 5.41 Å². The fourth-order valence-electron chi connectivity index (χ4n) is 4.13. The minimum atomic E-state index is -0.0556. The molecular formula is C21H28N2O4. The van der Waals surface area contributed by atoms with Crippen LogP contribution in [-0.4, -0.2) is 57.0 Å². The highest BCUT2D eigenvalue weighted by molar-refractivity contribution is 5.91. The van der Waals surface area contributed by atoms with Gasteiger partial charge in [0.1, 0.15) is 0 Å². The van der Waals surface area contributed by atoms with Crippen LogP contribution in [0.2, 0.25) is 0 Å². The Balaban J connectivity index is 1.33. The van der Waals surface area contributed by atoms with Gasteiger partial charge in [-0.15, -0.1) is 0 Å². The van der Waals surface area contributed by atoms with Crippen molar-refractivity contribution in [2.24, 2.45) is 5.41 Å². The molecule has 0 aliphatic carbocycles. The molecule has 1 N–H and O–H groups in total. The van der Waals surface area contributed by atoms with Crippen LogP contribution in [0.5, 0.6) is 11.5 Å². The maximum Gasteiger partial charge on any atom is 0.244 e. The summed E-state index contributed by atoms with van der Waals surface area (Å²) in [6.45, 7) is 5.96. The molecule has 146 valence electrons. The van der Waals surface area contributed by atoms with E-state index < -0.39 is 0 Å². The van der Waals surface area contributed by atoms with Crippen LogP contribution in [0.25, 0.3) is 6.08 Å². The standard InChI is InChI=1S/C21H28N2O4/c24-20(6-4-17-3-5-18-19(13-17)27-16-26-18)22-14-21(7-11-25-12-8-21)15-23-9-1-2-10-23/h3-6,13H,1-2,7-12,14-16H2,(H,22,24)/b6-4+. The van der Waals surface area contributed by atoms with Crippen LogP contribution < -0.4 is 14.8 Å². The summed E-state index contributed by atoms with van der Waals surface area (Å²) in [5.74, 6) is 1.42. The second-order valence-electron chi connectivity index (χ2n) is 7.76. The maximum absolute atomic E-state index is 12.4. The molecular weight excluding hydrogens is 344 g/mol.